The largest absolute Gasteiger partial charge is 0.502 e. The summed E-state index contributed by atoms with van der Waals surface area (Å²) in [6.45, 7) is 1.59. The van der Waals surface area contributed by atoms with Crippen LogP contribution in [0, 0.1) is 16.0 Å². The van der Waals surface area contributed by atoms with Crippen molar-refractivity contribution in [3.05, 3.63) is 69.8 Å². The fourth-order valence-corrected chi connectivity index (χ4v) is 12.3. The lowest BCUT2D eigenvalue weighted by Gasteiger charge is -2.31. The van der Waals surface area contributed by atoms with E-state index in [-0.39, 0.29) is 139 Å². The third kappa shape index (κ3) is 32.9. The first-order valence-corrected chi connectivity index (χ1v) is 36.3. The van der Waals surface area contributed by atoms with Crippen molar-refractivity contribution in [2.45, 2.75) is 171 Å². The fraction of sp³-hybridized carbons (Fsp3) is 0.561. The number of phenolic OH excluding ortho intramolecular Hbond substituents is 1. The molecule has 0 bridgehead atoms. The van der Waals surface area contributed by atoms with E-state index in [9.17, 15) is 77.9 Å². The smallest absolute Gasteiger partial charge is 0.310 e. The van der Waals surface area contributed by atoms with Crippen molar-refractivity contribution in [1.82, 2.24) is 63.4 Å². The number of hydrogen-bond acceptors (Lipinski definition) is 22. The standard InChI is InChI=1S/C66H102N24O18S/c1-35(2)26-42-58(101)83-40(16-9-23-76-65(71)72)57(100)87-44(27-36-12-4-3-5-13-36)60(103)85-41(17-10-24-77-66(73)74)63(106)89-25-11-18-47(89)62(105)84-39(14-6-7-21-67)56(99)88-45(30-53(95)96)61(104)82-38(15-8-22-75-64(69)70)55(98)79-31-50(92)78-32-51(93)81-46(54(68)97)33-109-34-52(94)80-43(59(102)86-42)28-37-19-20-49(91)48(29-37)90(107)108/h3-5,12-13,19-20,29,35,38-47,91H,6-11,14-18,21-28,30-34,67H2,1-2H3,(H2,68,97)(H,78,92)(H,79,98)(H,80,94)(H,81,93)(H,82,104)(H,83,101)(H,84,105)(H,85,103)(H,86,102)(H,87,100)(H,88,99)(H,95,96)(H4,69,70,75)(H4,71,72,76)(H4,73,74,77)/t38-,39-,40-,41-,42-,43-,44-,45-,46-,47-/m0/s1. The van der Waals surface area contributed by atoms with Gasteiger partial charge in [-0.1, -0.05) is 50.2 Å². The third-order valence-corrected chi connectivity index (χ3v) is 17.8. The Balaban J connectivity index is 1.88. The second-order valence-electron chi connectivity index (χ2n) is 26.1. The topological polar surface area (TPSA) is 703 Å². The number of hydrogen-bond donors (Lipinski definition) is 21. The number of nitrogens with zero attached hydrogens (tertiary/aromatic N) is 5. The highest BCUT2D eigenvalue weighted by Crippen LogP contribution is 2.27. The Bertz CT molecular complexity index is 3610. The number of carboxylic acids is 1. The molecule has 0 aromatic heterocycles. The average Bonchev–Trinajstić information content (AvgIpc) is 1.67. The van der Waals surface area contributed by atoms with E-state index in [1.807, 2.05) is 0 Å². The Morgan fingerprint density at radius 1 is 0.560 bits per heavy atom. The highest BCUT2D eigenvalue weighted by atomic mass is 32.2. The van der Waals surface area contributed by atoms with Gasteiger partial charge in [0.15, 0.2) is 23.6 Å². The van der Waals surface area contributed by atoms with Gasteiger partial charge in [0, 0.05) is 50.8 Å². The lowest BCUT2D eigenvalue weighted by atomic mass is 9.99. The van der Waals surface area contributed by atoms with E-state index in [2.05, 4.69) is 73.5 Å². The molecule has 2 heterocycles. The number of carboxylic acid groups (broad SMARTS) is 1. The Labute approximate surface area is 631 Å². The summed E-state index contributed by atoms with van der Waals surface area (Å²) in [5.41, 5.74) is 44.6. The lowest BCUT2D eigenvalue weighted by molar-refractivity contribution is -0.385. The van der Waals surface area contributed by atoms with Crippen LogP contribution in [-0.4, -0.2) is 238 Å². The van der Waals surface area contributed by atoms with Crippen molar-refractivity contribution in [2.24, 2.45) is 66.8 Å². The molecule has 42 nitrogen and oxygen atoms in total. The Hall–Kier alpha value is -11.7. The monoisotopic (exact) mass is 1550 g/mol. The van der Waals surface area contributed by atoms with E-state index in [0.717, 1.165) is 23.9 Å². The quantitative estimate of drug-likeness (QED) is 0.0137. The zero-order valence-corrected chi connectivity index (χ0v) is 61.4. The van der Waals surface area contributed by atoms with Crippen molar-refractivity contribution < 1.29 is 82.3 Å². The Morgan fingerprint density at radius 2 is 1.04 bits per heavy atom. The molecule has 0 radical (unpaired) electrons. The van der Waals surface area contributed by atoms with Crippen LogP contribution >= 0.6 is 11.8 Å². The van der Waals surface area contributed by atoms with Gasteiger partial charge < -0.3 is 119 Å². The molecule has 2 aliphatic heterocycles. The number of aliphatic imine (C=N–C) groups is 3. The number of phenols is 1. The zero-order valence-electron chi connectivity index (χ0n) is 60.6. The van der Waals surface area contributed by atoms with Crippen LogP contribution in [0.25, 0.3) is 0 Å². The van der Waals surface area contributed by atoms with Crippen LogP contribution in [0.15, 0.2) is 63.5 Å². The summed E-state index contributed by atoms with van der Waals surface area (Å²) in [5.74, 6) is -17.5. The molecule has 0 aliphatic carbocycles. The normalized spacial score (nSPS) is 22.7. The lowest BCUT2D eigenvalue weighted by Crippen LogP contribution is -2.60. The number of aromatic hydroxyl groups is 1. The number of guanidine groups is 3. The minimum atomic E-state index is -1.94. The molecule has 2 aromatic rings. The summed E-state index contributed by atoms with van der Waals surface area (Å²) in [7, 11) is 0. The van der Waals surface area contributed by atoms with Gasteiger partial charge >= 0.3 is 11.7 Å². The minimum absolute atomic E-state index is 0.00535. The highest BCUT2D eigenvalue weighted by molar-refractivity contribution is 8.00. The zero-order chi connectivity index (χ0) is 80.9. The summed E-state index contributed by atoms with van der Waals surface area (Å²) < 4.78 is 0. The number of rotatable bonds is 26. The molecule has 29 N–H and O–H groups in total. The van der Waals surface area contributed by atoms with E-state index < -0.39 is 197 Å². The van der Waals surface area contributed by atoms with Gasteiger partial charge in [0.05, 0.1) is 30.2 Å². The van der Waals surface area contributed by atoms with Crippen LogP contribution in [0.2, 0.25) is 0 Å². The number of nitro groups is 1. The molecule has 4 rings (SSSR count). The molecule has 0 saturated carbocycles. The number of amides is 13. The fourth-order valence-electron chi connectivity index (χ4n) is 11.4. The van der Waals surface area contributed by atoms with Crippen LogP contribution in [0.1, 0.15) is 108 Å². The second kappa shape index (κ2) is 46.4. The molecule has 2 aromatic carbocycles. The molecule has 10 atom stereocenters. The van der Waals surface area contributed by atoms with E-state index >= 15 is 9.59 Å². The molecule has 600 valence electrons. The number of nitrogens with one attached hydrogen (secondary N) is 11. The maximum absolute atomic E-state index is 15.1. The van der Waals surface area contributed by atoms with Crippen LogP contribution in [0.5, 0.6) is 5.75 Å². The number of benzene rings is 2. The van der Waals surface area contributed by atoms with Gasteiger partial charge in [-0.3, -0.25) is 92.2 Å². The molecular weight excluding hydrogens is 1450 g/mol. The maximum Gasteiger partial charge on any atom is 0.310 e. The van der Waals surface area contributed by atoms with Gasteiger partial charge in [0.25, 0.3) is 0 Å². The van der Waals surface area contributed by atoms with Gasteiger partial charge in [0.2, 0.25) is 76.8 Å². The molecule has 2 saturated heterocycles. The van der Waals surface area contributed by atoms with Crippen molar-refractivity contribution in [3.63, 3.8) is 0 Å². The second-order valence-corrected chi connectivity index (χ2v) is 27.1. The van der Waals surface area contributed by atoms with Gasteiger partial charge in [0.1, 0.15) is 60.4 Å². The summed E-state index contributed by atoms with van der Waals surface area (Å²) in [6, 6.07) is -4.17. The van der Waals surface area contributed by atoms with Gasteiger partial charge in [-0.15, -0.1) is 11.8 Å². The van der Waals surface area contributed by atoms with Crippen LogP contribution in [0.3, 0.4) is 0 Å². The molecule has 13 amide bonds. The minimum Gasteiger partial charge on any atom is -0.502 e. The molecule has 0 spiro atoms. The van der Waals surface area contributed by atoms with E-state index in [1.54, 1.807) is 44.2 Å². The number of carbonyl (C=O) groups is 14. The number of aliphatic carboxylic acids is 1. The number of primary amides is 1. The summed E-state index contributed by atoms with van der Waals surface area (Å²) in [5, 5.41) is 59.7. The van der Waals surface area contributed by atoms with Crippen LogP contribution in [-0.2, 0) is 80.0 Å². The van der Waals surface area contributed by atoms with Gasteiger partial charge in [-0.2, -0.15) is 0 Å². The number of nitro benzene ring substituents is 1. The average molecular weight is 1550 g/mol. The van der Waals surface area contributed by atoms with Crippen molar-refractivity contribution in [1.29, 1.82) is 0 Å². The first-order chi connectivity index (χ1) is 51.6. The van der Waals surface area contributed by atoms with E-state index in [1.165, 1.54) is 11.0 Å². The SMILES string of the molecule is CC(C)C[C@@H]1NC(=O)[C@H](Cc2ccc(O)c([N+](=O)[O-])c2)NC(=O)CSC[C@@H](C(N)=O)NC(=O)CNC(=O)CNC(=O)[C@H](CCCN=C(N)N)NC(=O)[C@H](CC(=O)O)NC(=O)[C@H](CCCCN)NC(=O)[C@@H]2CCCN2C(=O)[C@H](CCCN=C(N)N)NC(=O)[C@H](Cc2ccccc2)NC(=O)[C@H](CCCN=C(N)N)NC1=O. The first kappa shape index (κ1) is 89.7. The number of thioether (sulfide) groups is 1. The number of nitrogens with two attached hydrogens (primary N) is 8. The van der Waals surface area contributed by atoms with Crippen molar-refractivity contribution in [2.75, 3.05) is 57.3 Å². The van der Waals surface area contributed by atoms with Crippen molar-refractivity contribution >= 4 is 118 Å². The highest BCUT2D eigenvalue weighted by Gasteiger charge is 2.41. The maximum atomic E-state index is 15.1. The third-order valence-electron chi connectivity index (χ3n) is 16.8. The Kier molecular flexibility index (Phi) is 38.2. The first-order valence-electron chi connectivity index (χ1n) is 35.2. The van der Waals surface area contributed by atoms with Crippen LogP contribution < -0.4 is 104 Å². The predicted octanol–water partition coefficient (Wildman–Crippen LogP) is -7.29. The number of fused-ring (bicyclic) bond motifs is 1. The van der Waals surface area contributed by atoms with Crippen LogP contribution in [0.4, 0.5) is 5.69 Å². The molecule has 2 fully saturated rings. The molecule has 2 aliphatic rings. The number of unbranched alkanes of at least 4 members (excludes halogenated alkanes) is 1. The molecule has 0 unspecified atom stereocenters. The van der Waals surface area contributed by atoms with E-state index in [0.29, 0.717) is 12.0 Å². The molecular formula is C66H102N24O18S. The van der Waals surface area contributed by atoms with Gasteiger partial charge in [-0.05, 0) is 107 Å². The summed E-state index contributed by atoms with van der Waals surface area (Å²) >= 11 is 0.727. The summed E-state index contributed by atoms with van der Waals surface area (Å²) in [6.07, 6.45) is -1.92. The van der Waals surface area contributed by atoms with Crippen molar-refractivity contribution in [3.8, 4) is 5.75 Å². The molecule has 109 heavy (non-hydrogen) atoms. The predicted molar refractivity (Wildman–Crippen MR) is 398 cm³/mol. The molecule has 43 heteroatoms. The van der Waals surface area contributed by atoms with Gasteiger partial charge in [-0.25, -0.2) is 0 Å². The van der Waals surface area contributed by atoms with E-state index in [4.69, 9.17) is 45.9 Å². The summed E-state index contributed by atoms with van der Waals surface area (Å²) in [4.78, 5) is 221. The Morgan fingerprint density at radius 3 is 1.59 bits per heavy atom. The number of carbonyl (C=O) groups excluding carboxylic acids is 13.